The topological polar surface area (TPSA) is 102 Å². The van der Waals surface area contributed by atoms with Crippen LogP contribution in [0.1, 0.15) is 16.2 Å². The number of carbonyl (C=O) groups is 1. The maximum Gasteiger partial charge on any atom is 0.293 e. The summed E-state index contributed by atoms with van der Waals surface area (Å²) in [6, 6.07) is 5.35. The van der Waals surface area contributed by atoms with E-state index in [0.29, 0.717) is 18.0 Å². The fourth-order valence-electron chi connectivity index (χ4n) is 1.51. The van der Waals surface area contributed by atoms with Crippen molar-refractivity contribution in [3.8, 4) is 11.5 Å². The van der Waals surface area contributed by atoms with Gasteiger partial charge in [0.2, 0.25) is 0 Å². The lowest BCUT2D eigenvalue weighted by Gasteiger charge is -2.10. The Morgan fingerprint density at radius 3 is 2.84 bits per heavy atom. The number of carbonyl (C=O) groups excluding carboxylic acids is 1. The van der Waals surface area contributed by atoms with Gasteiger partial charge in [0.15, 0.2) is 0 Å². The van der Waals surface area contributed by atoms with Gasteiger partial charge in [0.1, 0.15) is 11.5 Å². The fourth-order valence-corrected chi connectivity index (χ4v) is 1.51. The summed E-state index contributed by atoms with van der Waals surface area (Å²) in [6.45, 7) is 0.292. The van der Waals surface area contributed by atoms with Gasteiger partial charge in [-0.15, -0.1) is 10.2 Å². The van der Waals surface area contributed by atoms with E-state index in [2.05, 4.69) is 25.9 Å². The molecule has 0 saturated carbocycles. The monoisotopic (exact) mass is 263 g/mol. The van der Waals surface area contributed by atoms with Crippen molar-refractivity contribution in [1.29, 1.82) is 0 Å². The Hall–Kier alpha value is -2.64. The Morgan fingerprint density at radius 2 is 2.21 bits per heavy atom. The average molecular weight is 263 g/mol. The zero-order chi connectivity index (χ0) is 13.7. The van der Waals surface area contributed by atoms with Crippen LogP contribution in [-0.4, -0.2) is 40.8 Å². The van der Waals surface area contributed by atoms with E-state index in [0.717, 1.165) is 5.56 Å². The number of nitrogens with one attached hydrogen (secondary N) is 2. The Morgan fingerprint density at radius 1 is 1.37 bits per heavy atom. The highest BCUT2D eigenvalue weighted by atomic mass is 16.5. The molecule has 0 aliphatic carbocycles. The van der Waals surface area contributed by atoms with E-state index in [1.807, 2.05) is 6.07 Å². The summed E-state index contributed by atoms with van der Waals surface area (Å²) < 4.78 is 10.3. The molecule has 1 aromatic carbocycles. The van der Waals surface area contributed by atoms with Gasteiger partial charge in [-0.2, -0.15) is 5.21 Å². The first-order valence-electron chi connectivity index (χ1n) is 5.47. The van der Waals surface area contributed by atoms with Crippen molar-refractivity contribution in [2.45, 2.75) is 6.54 Å². The molecule has 0 saturated heterocycles. The molecular weight excluding hydrogens is 250 g/mol. The number of hydrogen-bond donors (Lipinski definition) is 2. The van der Waals surface area contributed by atoms with Crippen LogP contribution in [0.25, 0.3) is 0 Å². The lowest BCUT2D eigenvalue weighted by molar-refractivity contribution is 0.0940. The summed E-state index contributed by atoms with van der Waals surface area (Å²) in [5, 5.41) is 15.4. The van der Waals surface area contributed by atoms with Gasteiger partial charge in [0.05, 0.1) is 14.2 Å². The lowest BCUT2D eigenvalue weighted by Crippen LogP contribution is -2.24. The van der Waals surface area contributed by atoms with Crippen molar-refractivity contribution in [3.05, 3.63) is 29.6 Å². The third-order valence-corrected chi connectivity index (χ3v) is 2.48. The number of H-pyrrole nitrogens is 1. The summed E-state index contributed by atoms with van der Waals surface area (Å²) in [6.07, 6.45) is 0. The van der Waals surface area contributed by atoms with Crippen LogP contribution in [0.2, 0.25) is 0 Å². The SMILES string of the molecule is COc1ccc(CNC(=O)c2nn[nH]n2)c(OC)c1. The average Bonchev–Trinajstić information content (AvgIpc) is 2.98. The molecule has 2 aromatic rings. The number of hydrogen-bond acceptors (Lipinski definition) is 6. The Balaban J connectivity index is 2.05. The number of tetrazole rings is 1. The number of benzene rings is 1. The van der Waals surface area contributed by atoms with E-state index >= 15 is 0 Å². The highest BCUT2D eigenvalue weighted by molar-refractivity contribution is 5.90. The number of ether oxygens (including phenoxy) is 2. The normalized spacial score (nSPS) is 10.0. The van der Waals surface area contributed by atoms with Crippen molar-refractivity contribution >= 4 is 5.91 Å². The summed E-state index contributed by atoms with van der Waals surface area (Å²) >= 11 is 0. The number of nitrogens with zero attached hydrogens (tertiary/aromatic N) is 3. The number of amides is 1. The van der Waals surface area contributed by atoms with E-state index in [-0.39, 0.29) is 5.82 Å². The predicted octanol–water partition coefficient (Wildman–Crippen LogP) is 0.147. The molecule has 1 aromatic heterocycles. The van der Waals surface area contributed by atoms with E-state index in [1.165, 1.54) is 0 Å². The molecule has 2 N–H and O–H groups in total. The summed E-state index contributed by atoms with van der Waals surface area (Å²) in [7, 11) is 3.13. The molecular formula is C11H13N5O3. The minimum absolute atomic E-state index is 0.00696. The smallest absolute Gasteiger partial charge is 0.293 e. The van der Waals surface area contributed by atoms with E-state index in [9.17, 15) is 4.79 Å². The maximum atomic E-state index is 11.6. The second-order valence-electron chi connectivity index (χ2n) is 3.60. The highest BCUT2D eigenvalue weighted by Gasteiger charge is 2.11. The standard InChI is InChI=1S/C11H13N5O3/c1-18-8-4-3-7(9(5-8)19-2)6-12-11(17)10-13-15-16-14-10/h3-5H,6H2,1-2H3,(H,12,17)(H,13,14,15,16). The van der Waals surface area contributed by atoms with Crippen LogP contribution in [0.15, 0.2) is 18.2 Å². The zero-order valence-corrected chi connectivity index (χ0v) is 10.5. The fraction of sp³-hybridized carbons (Fsp3) is 0.273. The van der Waals surface area contributed by atoms with Crippen LogP contribution in [0.3, 0.4) is 0 Å². The molecule has 8 heteroatoms. The Labute approximate surface area is 109 Å². The first-order valence-corrected chi connectivity index (χ1v) is 5.47. The van der Waals surface area contributed by atoms with Gasteiger partial charge >= 0.3 is 0 Å². The zero-order valence-electron chi connectivity index (χ0n) is 10.5. The molecule has 8 nitrogen and oxygen atoms in total. The first-order chi connectivity index (χ1) is 9.24. The molecule has 2 rings (SSSR count). The van der Waals surface area contributed by atoms with E-state index < -0.39 is 5.91 Å². The number of methoxy groups -OCH3 is 2. The summed E-state index contributed by atoms with van der Waals surface area (Å²) in [5.74, 6) is 0.900. The molecule has 0 atom stereocenters. The molecule has 0 radical (unpaired) electrons. The number of aromatic amines is 1. The molecule has 1 amide bonds. The highest BCUT2D eigenvalue weighted by Crippen LogP contribution is 2.24. The summed E-state index contributed by atoms with van der Waals surface area (Å²) in [5.41, 5.74) is 0.820. The van der Waals surface area contributed by atoms with Crippen LogP contribution in [0, 0.1) is 0 Å². The second kappa shape index (κ2) is 5.80. The van der Waals surface area contributed by atoms with Crippen LogP contribution in [-0.2, 0) is 6.54 Å². The maximum absolute atomic E-state index is 11.6. The largest absolute Gasteiger partial charge is 0.497 e. The van der Waals surface area contributed by atoms with Crippen LogP contribution >= 0.6 is 0 Å². The minimum atomic E-state index is -0.411. The van der Waals surface area contributed by atoms with E-state index in [4.69, 9.17) is 9.47 Å². The third-order valence-electron chi connectivity index (χ3n) is 2.48. The summed E-state index contributed by atoms with van der Waals surface area (Å²) in [4.78, 5) is 11.6. The van der Waals surface area contributed by atoms with Crippen LogP contribution < -0.4 is 14.8 Å². The number of aromatic nitrogens is 4. The third kappa shape index (κ3) is 2.97. The molecule has 0 fully saturated rings. The van der Waals surface area contributed by atoms with Crippen molar-refractivity contribution in [3.63, 3.8) is 0 Å². The molecule has 0 aliphatic rings. The molecule has 19 heavy (non-hydrogen) atoms. The molecule has 0 unspecified atom stereocenters. The van der Waals surface area contributed by atoms with Gasteiger partial charge in [-0.25, -0.2) is 0 Å². The van der Waals surface area contributed by atoms with E-state index in [1.54, 1.807) is 26.4 Å². The van der Waals surface area contributed by atoms with Gasteiger partial charge in [0.25, 0.3) is 11.7 Å². The van der Waals surface area contributed by atoms with Crippen molar-refractivity contribution < 1.29 is 14.3 Å². The van der Waals surface area contributed by atoms with Crippen LogP contribution in [0.4, 0.5) is 0 Å². The van der Waals surface area contributed by atoms with Crippen molar-refractivity contribution in [1.82, 2.24) is 25.9 Å². The Bertz CT molecular complexity index is 555. The van der Waals surface area contributed by atoms with Gasteiger partial charge in [0, 0.05) is 18.2 Å². The second-order valence-corrected chi connectivity index (χ2v) is 3.60. The molecule has 1 heterocycles. The van der Waals surface area contributed by atoms with Crippen molar-refractivity contribution in [2.75, 3.05) is 14.2 Å². The molecule has 0 spiro atoms. The van der Waals surface area contributed by atoms with Crippen molar-refractivity contribution in [2.24, 2.45) is 0 Å². The molecule has 100 valence electrons. The van der Waals surface area contributed by atoms with Gasteiger partial charge < -0.3 is 14.8 Å². The Kier molecular flexibility index (Phi) is 3.91. The van der Waals surface area contributed by atoms with Crippen LogP contribution in [0.5, 0.6) is 11.5 Å². The number of rotatable bonds is 5. The molecule has 0 bridgehead atoms. The first kappa shape index (κ1) is 12.8. The van der Waals surface area contributed by atoms with Gasteiger partial charge in [-0.1, -0.05) is 0 Å². The quantitative estimate of drug-likeness (QED) is 0.796. The van der Waals surface area contributed by atoms with Gasteiger partial charge in [-0.05, 0) is 17.3 Å². The molecule has 0 aliphatic heterocycles. The predicted molar refractivity (Wildman–Crippen MR) is 64.9 cm³/mol. The van der Waals surface area contributed by atoms with Gasteiger partial charge in [-0.3, -0.25) is 4.79 Å². The minimum Gasteiger partial charge on any atom is -0.497 e. The lowest BCUT2D eigenvalue weighted by atomic mass is 10.2.